The predicted molar refractivity (Wildman–Crippen MR) is 201 cm³/mol. The first-order chi connectivity index (χ1) is 24.8. The Morgan fingerprint density at radius 3 is 2.00 bits per heavy atom. The molecule has 0 saturated carbocycles. The molecule has 2 unspecified atom stereocenters. The molecule has 10 rings (SSSR count). The second-order valence-corrected chi connectivity index (χ2v) is 13.4. The Hall–Kier alpha value is -5.97. The molecule has 0 bridgehead atoms. The second-order valence-electron chi connectivity index (χ2n) is 13.4. The molecule has 2 aliphatic heterocycles. The number of allylic oxidation sites excluding steroid dienone is 2. The fourth-order valence-electron chi connectivity index (χ4n) is 8.44. The van der Waals surface area contributed by atoms with Gasteiger partial charge in [0.15, 0.2) is 0 Å². The van der Waals surface area contributed by atoms with Gasteiger partial charge in [-0.15, -0.1) is 0 Å². The minimum Gasteiger partial charge on any atom is -0.456 e. The van der Waals surface area contributed by atoms with Crippen molar-refractivity contribution in [2.45, 2.75) is 30.6 Å². The van der Waals surface area contributed by atoms with Crippen molar-refractivity contribution in [2.24, 2.45) is 4.99 Å². The Labute approximate surface area is 292 Å². The van der Waals surface area contributed by atoms with E-state index < -0.39 is 5.41 Å². The van der Waals surface area contributed by atoms with Gasteiger partial charge in [0.2, 0.25) is 0 Å². The molecule has 0 radical (unpaired) electrons. The van der Waals surface area contributed by atoms with Crippen molar-refractivity contribution in [3.05, 3.63) is 203 Å². The summed E-state index contributed by atoms with van der Waals surface area (Å²) in [5, 5.41) is 7.68. The number of para-hydroxylation sites is 2. The third kappa shape index (κ3) is 4.38. The van der Waals surface area contributed by atoms with Gasteiger partial charge in [0.25, 0.3) is 0 Å². The van der Waals surface area contributed by atoms with Crippen LogP contribution in [0.5, 0.6) is 11.5 Å². The van der Waals surface area contributed by atoms with E-state index >= 15 is 0 Å². The fraction of sp³-hybridized carbons (Fsp3) is 0.109. The van der Waals surface area contributed by atoms with Crippen LogP contribution < -0.4 is 15.4 Å². The van der Waals surface area contributed by atoms with E-state index in [1.807, 2.05) is 0 Å². The zero-order chi connectivity index (χ0) is 33.1. The highest BCUT2D eigenvalue weighted by molar-refractivity contribution is 6.01. The Morgan fingerprint density at radius 2 is 1.26 bits per heavy atom. The van der Waals surface area contributed by atoms with E-state index in [0.717, 1.165) is 52.4 Å². The van der Waals surface area contributed by atoms with Gasteiger partial charge >= 0.3 is 0 Å². The van der Waals surface area contributed by atoms with Crippen molar-refractivity contribution >= 4 is 5.84 Å². The number of aliphatic imine (C=N–C) groups is 1. The van der Waals surface area contributed by atoms with Crippen LogP contribution in [0.15, 0.2) is 174 Å². The number of hydrogen-bond donors (Lipinski definition) is 2. The summed E-state index contributed by atoms with van der Waals surface area (Å²) in [6.45, 7) is 0. The van der Waals surface area contributed by atoms with Crippen molar-refractivity contribution in [3.8, 4) is 33.8 Å². The molecule has 0 saturated heterocycles. The van der Waals surface area contributed by atoms with E-state index in [2.05, 4.69) is 174 Å². The Morgan fingerprint density at radius 1 is 0.600 bits per heavy atom. The average molecular weight is 646 g/mol. The minimum atomic E-state index is -0.514. The third-order valence-corrected chi connectivity index (χ3v) is 10.7. The molecular weight excluding hydrogens is 611 g/mol. The first-order valence-electron chi connectivity index (χ1n) is 17.5. The topological polar surface area (TPSA) is 45.7 Å². The average Bonchev–Trinajstić information content (AvgIpc) is 3.49. The first kappa shape index (κ1) is 29.0. The van der Waals surface area contributed by atoms with Crippen LogP contribution in [-0.4, -0.2) is 5.84 Å². The summed E-state index contributed by atoms with van der Waals surface area (Å²) in [4.78, 5) is 5.27. The van der Waals surface area contributed by atoms with Crippen LogP contribution in [0, 0.1) is 0 Å². The van der Waals surface area contributed by atoms with E-state index in [4.69, 9.17) is 9.73 Å². The normalized spacial score (nSPS) is 19.2. The molecule has 4 aliphatic rings. The molecule has 240 valence electrons. The molecule has 0 fully saturated rings. The lowest BCUT2D eigenvalue weighted by Gasteiger charge is -2.41. The maximum atomic E-state index is 7.02. The number of nitrogens with zero attached hydrogens (tertiary/aromatic N) is 1. The predicted octanol–water partition coefficient (Wildman–Crippen LogP) is 10.4. The van der Waals surface area contributed by atoms with Gasteiger partial charge in [-0.25, -0.2) is 4.99 Å². The fourth-order valence-corrected chi connectivity index (χ4v) is 8.44. The van der Waals surface area contributed by atoms with Crippen LogP contribution in [0.3, 0.4) is 0 Å². The molecule has 6 aromatic rings. The number of benzene rings is 6. The molecule has 0 amide bonds. The van der Waals surface area contributed by atoms with Crippen molar-refractivity contribution in [1.29, 1.82) is 0 Å². The molecular formula is C46H35N3O. The van der Waals surface area contributed by atoms with E-state index in [0.29, 0.717) is 0 Å². The number of hydrogen-bond acceptors (Lipinski definition) is 4. The van der Waals surface area contributed by atoms with Gasteiger partial charge in [0.1, 0.15) is 29.7 Å². The monoisotopic (exact) mass is 645 g/mol. The lowest BCUT2D eigenvalue weighted by molar-refractivity contribution is 0.380. The first-order valence-corrected chi connectivity index (χ1v) is 17.5. The van der Waals surface area contributed by atoms with Gasteiger partial charge in [0, 0.05) is 22.3 Å². The van der Waals surface area contributed by atoms with Gasteiger partial charge in [-0.3, -0.25) is 5.32 Å². The lowest BCUT2D eigenvalue weighted by Crippen LogP contribution is -2.45. The van der Waals surface area contributed by atoms with Gasteiger partial charge < -0.3 is 10.1 Å². The summed E-state index contributed by atoms with van der Waals surface area (Å²) in [7, 11) is 0. The number of amidine groups is 1. The molecule has 4 heteroatoms. The van der Waals surface area contributed by atoms with E-state index in [-0.39, 0.29) is 12.3 Å². The van der Waals surface area contributed by atoms with Gasteiger partial charge in [0.05, 0.1) is 5.41 Å². The molecule has 2 aliphatic carbocycles. The van der Waals surface area contributed by atoms with Crippen LogP contribution in [0.1, 0.15) is 58.6 Å². The van der Waals surface area contributed by atoms with Crippen LogP contribution in [0.2, 0.25) is 0 Å². The maximum Gasteiger partial charge on any atom is 0.138 e. The Kier molecular flexibility index (Phi) is 6.71. The number of ether oxygens (including phenoxy) is 1. The summed E-state index contributed by atoms with van der Waals surface area (Å²) < 4.78 is 7.02. The summed E-state index contributed by atoms with van der Waals surface area (Å²) in [5.74, 6) is 2.66. The molecule has 50 heavy (non-hydrogen) atoms. The maximum absolute atomic E-state index is 7.02. The summed E-state index contributed by atoms with van der Waals surface area (Å²) in [6, 6.07) is 52.3. The van der Waals surface area contributed by atoms with Crippen molar-refractivity contribution in [1.82, 2.24) is 10.6 Å². The summed E-state index contributed by atoms with van der Waals surface area (Å²) in [6.07, 6.45) is 8.26. The zero-order valence-corrected chi connectivity index (χ0v) is 27.5. The molecule has 4 nitrogen and oxygen atoms in total. The van der Waals surface area contributed by atoms with Crippen molar-refractivity contribution in [2.75, 3.05) is 0 Å². The lowest BCUT2D eigenvalue weighted by atomic mass is 9.65. The second kappa shape index (κ2) is 11.6. The third-order valence-electron chi connectivity index (χ3n) is 10.7. The van der Waals surface area contributed by atoms with Crippen molar-refractivity contribution < 1.29 is 4.74 Å². The number of fused-ring (bicyclic) bond motifs is 9. The van der Waals surface area contributed by atoms with Gasteiger partial charge in [-0.2, -0.15) is 0 Å². The summed E-state index contributed by atoms with van der Waals surface area (Å²) >= 11 is 0. The number of rotatable bonds is 4. The highest BCUT2D eigenvalue weighted by Gasteiger charge is 2.51. The molecule has 2 atom stereocenters. The largest absolute Gasteiger partial charge is 0.456 e. The Bertz CT molecular complexity index is 2320. The van der Waals surface area contributed by atoms with E-state index in [1.54, 1.807) is 0 Å². The molecule has 0 aromatic heterocycles. The molecule has 1 spiro atoms. The van der Waals surface area contributed by atoms with Gasteiger partial charge in [-0.1, -0.05) is 158 Å². The van der Waals surface area contributed by atoms with Crippen LogP contribution in [0.4, 0.5) is 0 Å². The van der Waals surface area contributed by atoms with Crippen LogP contribution in [0.25, 0.3) is 22.3 Å². The zero-order valence-electron chi connectivity index (χ0n) is 27.5. The smallest absolute Gasteiger partial charge is 0.138 e. The van der Waals surface area contributed by atoms with E-state index in [9.17, 15) is 0 Å². The van der Waals surface area contributed by atoms with Gasteiger partial charge in [-0.05, 0) is 57.9 Å². The highest BCUT2D eigenvalue weighted by atomic mass is 16.5. The SMILES string of the molecule is C1=CC(C2=NC(c3ccc(-c4ccccc4)cc3)NC(c3cccc4c3Oc3ccccc3C43c4ccccc4-c4ccccc43)N2)=CCC1. The minimum absolute atomic E-state index is 0.258. The Balaban J connectivity index is 1.13. The highest BCUT2D eigenvalue weighted by Crippen LogP contribution is 2.62. The molecule has 2 heterocycles. The molecule has 6 aromatic carbocycles. The van der Waals surface area contributed by atoms with Crippen molar-refractivity contribution in [3.63, 3.8) is 0 Å². The standard InChI is InChI=1S/C46H35N3O/c1-3-14-30(15-4-1)31-26-28-33(29-27-31)44-47-43(32-16-5-2-6-17-32)48-45(49-44)36-20-13-24-40-42(36)50-41-25-12-11-23-39(41)46(40)37-21-9-7-18-34(37)35-19-8-10-22-38(35)46/h1,3-5,7-29,44-45,49H,2,6H2,(H,47,48). The molecule has 2 N–H and O–H groups in total. The quantitative estimate of drug-likeness (QED) is 0.200. The van der Waals surface area contributed by atoms with Crippen LogP contribution in [-0.2, 0) is 5.41 Å². The number of nitrogens with one attached hydrogen (secondary N) is 2. The van der Waals surface area contributed by atoms with E-state index in [1.165, 1.54) is 38.9 Å². The summed E-state index contributed by atoms with van der Waals surface area (Å²) in [5.41, 5.74) is 12.6. The van der Waals surface area contributed by atoms with Crippen LogP contribution >= 0.6 is 0 Å².